The van der Waals surface area contributed by atoms with Crippen molar-refractivity contribution in [3.05, 3.63) is 23.7 Å². The topological polar surface area (TPSA) is 90.9 Å². The maximum atomic E-state index is 5.74. The van der Waals surface area contributed by atoms with Gasteiger partial charge in [0.05, 0.1) is 48.6 Å². The Morgan fingerprint density at radius 1 is 1.50 bits per heavy atom. The summed E-state index contributed by atoms with van der Waals surface area (Å²) in [5.74, 6) is 3.10. The molecule has 7 nitrogen and oxygen atoms in total. The third-order valence-electron chi connectivity index (χ3n) is 3.23. The van der Waals surface area contributed by atoms with Crippen LogP contribution in [0.25, 0.3) is 0 Å². The van der Waals surface area contributed by atoms with Crippen molar-refractivity contribution in [2.45, 2.75) is 13.0 Å². The Labute approximate surface area is 116 Å². The second-order valence-electron chi connectivity index (χ2n) is 4.54. The van der Waals surface area contributed by atoms with Crippen molar-refractivity contribution in [2.24, 2.45) is 0 Å². The normalized spacial score (nSPS) is 14.6. The molecule has 3 N–H and O–H groups in total. The Morgan fingerprint density at radius 2 is 2.30 bits per heavy atom. The van der Waals surface area contributed by atoms with Gasteiger partial charge < -0.3 is 15.8 Å². The zero-order valence-electron chi connectivity index (χ0n) is 11.0. The lowest BCUT2D eigenvalue weighted by atomic mass is 10.2. The highest BCUT2D eigenvalue weighted by Crippen LogP contribution is 2.24. The van der Waals surface area contributed by atoms with Crippen molar-refractivity contribution in [1.29, 1.82) is 0 Å². The first-order chi connectivity index (χ1) is 9.69. The Kier molecular flexibility index (Phi) is 3.00. The zero-order valence-corrected chi connectivity index (χ0v) is 11.0. The number of nitrogens with two attached hydrogens (primary N) is 1. The molecule has 1 saturated heterocycles. The van der Waals surface area contributed by atoms with Crippen molar-refractivity contribution in [3.8, 4) is 12.3 Å². The fraction of sp³-hybridized carbons (Fsp3) is 0.308. The van der Waals surface area contributed by atoms with Gasteiger partial charge in [-0.05, 0) is 6.92 Å². The van der Waals surface area contributed by atoms with E-state index in [4.69, 9.17) is 16.9 Å². The summed E-state index contributed by atoms with van der Waals surface area (Å²) in [6, 6.07) is 0.306. The summed E-state index contributed by atoms with van der Waals surface area (Å²) < 4.78 is 7.11. The van der Waals surface area contributed by atoms with Crippen LogP contribution in [-0.2, 0) is 4.74 Å². The Hall–Kier alpha value is -2.59. The quantitative estimate of drug-likeness (QED) is 0.804. The van der Waals surface area contributed by atoms with Crippen molar-refractivity contribution in [2.75, 3.05) is 24.3 Å². The number of rotatable bonds is 3. The van der Waals surface area contributed by atoms with Gasteiger partial charge in [-0.1, -0.05) is 5.92 Å². The van der Waals surface area contributed by atoms with Crippen LogP contribution in [0.2, 0.25) is 0 Å². The Morgan fingerprint density at radius 3 is 2.90 bits per heavy atom. The van der Waals surface area contributed by atoms with E-state index in [-0.39, 0.29) is 5.82 Å². The third-order valence-corrected chi connectivity index (χ3v) is 3.23. The largest absolute Gasteiger partial charge is 0.382 e. The molecule has 3 rings (SSSR count). The highest BCUT2D eigenvalue weighted by molar-refractivity contribution is 5.58. The van der Waals surface area contributed by atoms with Crippen molar-refractivity contribution in [1.82, 2.24) is 19.7 Å². The number of hydrogen-bond donors (Lipinski definition) is 2. The van der Waals surface area contributed by atoms with Crippen molar-refractivity contribution in [3.63, 3.8) is 0 Å². The summed E-state index contributed by atoms with van der Waals surface area (Å²) in [6.07, 6.45) is 8.54. The van der Waals surface area contributed by atoms with E-state index in [0.29, 0.717) is 30.8 Å². The van der Waals surface area contributed by atoms with E-state index >= 15 is 0 Å². The first-order valence-electron chi connectivity index (χ1n) is 6.17. The minimum Gasteiger partial charge on any atom is -0.382 e. The first-order valence-corrected chi connectivity index (χ1v) is 6.17. The molecule has 0 aliphatic carbocycles. The lowest BCUT2D eigenvalue weighted by molar-refractivity contribution is -0.0294. The van der Waals surface area contributed by atoms with E-state index < -0.39 is 0 Å². The molecule has 0 bridgehead atoms. The van der Waals surface area contributed by atoms with Gasteiger partial charge in [0.2, 0.25) is 5.95 Å². The molecule has 0 saturated carbocycles. The molecule has 1 aliphatic heterocycles. The van der Waals surface area contributed by atoms with Gasteiger partial charge in [-0.2, -0.15) is 10.1 Å². The smallest absolute Gasteiger partial charge is 0.229 e. The molecule has 7 heteroatoms. The molecule has 102 valence electrons. The van der Waals surface area contributed by atoms with Gasteiger partial charge in [-0.3, -0.25) is 4.68 Å². The standard InChI is InChI=1S/C13H14N6O/c1-3-9-4-15-13(18-12(9)14)17-11-5-16-19(8(11)2)10-6-20-7-10/h1,4-5,10H,6-7H2,2H3,(H3,14,15,17,18). The summed E-state index contributed by atoms with van der Waals surface area (Å²) in [7, 11) is 0. The molecule has 1 fully saturated rings. The number of nitrogens with one attached hydrogen (secondary N) is 1. The number of anilines is 3. The second-order valence-corrected chi connectivity index (χ2v) is 4.54. The molecule has 2 aromatic rings. The van der Waals surface area contributed by atoms with Crippen LogP contribution in [0.15, 0.2) is 12.4 Å². The molecule has 20 heavy (non-hydrogen) atoms. The molecule has 0 unspecified atom stereocenters. The van der Waals surface area contributed by atoms with Gasteiger partial charge >= 0.3 is 0 Å². The summed E-state index contributed by atoms with van der Waals surface area (Å²) in [6.45, 7) is 3.37. The number of ether oxygens (including phenoxy) is 1. The summed E-state index contributed by atoms with van der Waals surface area (Å²) in [5.41, 5.74) is 8.06. The molecular formula is C13H14N6O. The Balaban J connectivity index is 1.83. The summed E-state index contributed by atoms with van der Waals surface area (Å²) in [4.78, 5) is 8.25. The van der Waals surface area contributed by atoms with E-state index in [1.807, 2.05) is 11.6 Å². The average Bonchev–Trinajstić information content (AvgIpc) is 2.70. The molecule has 2 aromatic heterocycles. The molecule has 0 aromatic carbocycles. The number of nitrogen functional groups attached to an aromatic ring is 1. The van der Waals surface area contributed by atoms with Crippen LogP contribution in [0.4, 0.5) is 17.5 Å². The van der Waals surface area contributed by atoms with Crippen molar-refractivity contribution < 1.29 is 4.74 Å². The van der Waals surface area contributed by atoms with Crippen LogP contribution < -0.4 is 11.1 Å². The molecule has 0 amide bonds. The lowest BCUT2D eigenvalue weighted by Crippen LogP contribution is -2.32. The van der Waals surface area contributed by atoms with Gasteiger partial charge in [0.25, 0.3) is 0 Å². The van der Waals surface area contributed by atoms with Gasteiger partial charge in [-0.25, -0.2) is 4.98 Å². The van der Waals surface area contributed by atoms with E-state index in [2.05, 4.69) is 26.3 Å². The second kappa shape index (κ2) is 4.83. The first kappa shape index (κ1) is 12.4. The maximum absolute atomic E-state index is 5.74. The third kappa shape index (κ3) is 2.06. The van der Waals surface area contributed by atoms with Gasteiger partial charge in [0.15, 0.2) is 0 Å². The predicted molar refractivity (Wildman–Crippen MR) is 74.5 cm³/mol. The number of hydrogen-bond acceptors (Lipinski definition) is 6. The highest BCUT2D eigenvalue weighted by atomic mass is 16.5. The van der Waals surface area contributed by atoms with Gasteiger partial charge in [-0.15, -0.1) is 6.42 Å². The monoisotopic (exact) mass is 270 g/mol. The van der Waals surface area contributed by atoms with Crippen LogP contribution in [0, 0.1) is 19.3 Å². The van der Waals surface area contributed by atoms with Crippen molar-refractivity contribution >= 4 is 17.5 Å². The molecule has 0 atom stereocenters. The average molecular weight is 270 g/mol. The number of terminal acetylenes is 1. The van der Waals surface area contributed by atoms with E-state index in [1.165, 1.54) is 6.20 Å². The van der Waals surface area contributed by atoms with E-state index in [9.17, 15) is 0 Å². The Bertz CT molecular complexity index is 683. The minimum atomic E-state index is 0.280. The maximum Gasteiger partial charge on any atom is 0.229 e. The fourth-order valence-electron chi connectivity index (χ4n) is 1.97. The van der Waals surface area contributed by atoms with Crippen LogP contribution in [0.1, 0.15) is 17.3 Å². The summed E-state index contributed by atoms with van der Waals surface area (Å²) in [5, 5.41) is 7.44. The molecule has 1 aliphatic rings. The summed E-state index contributed by atoms with van der Waals surface area (Å²) >= 11 is 0. The minimum absolute atomic E-state index is 0.280. The molecule has 0 spiro atoms. The van der Waals surface area contributed by atoms with Crippen LogP contribution in [0.5, 0.6) is 0 Å². The van der Waals surface area contributed by atoms with Crippen LogP contribution in [-0.4, -0.2) is 33.0 Å². The molecule has 0 radical (unpaired) electrons. The SMILES string of the molecule is C#Cc1cnc(Nc2cnn(C3COC3)c2C)nc1N. The van der Waals surface area contributed by atoms with E-state index in [0.717, 1.165) is 11.4 Å². The van der Waals surface area contributed by atoms with E-state index in [1.54, 1.807) is 6.20 Å². The lowest BCUT2D eigenvalue weighted by Gasteiger charge is -2.27. The predicted octanol–water partition coefficient (Wildman–Crippen LogP) is 0.860. The van der Waals surface area contributed by atoms with Gasteiger partial charge in [0, 0.05) is 0 Å². The van der Waals surface area contributed by atoms with Crippen LogP contribution in [0.3, 0.4) is 0 Å². The number of aromatic nitrogens is 4. The van der Waals surface area contributed by atoms with Crippen LogP contribution >= 0.6 is 0 Å². The number of nitrogens with zero attached hydrogens (tertiary/aromatic N) is 4. The zero-order chi connectivity index (χ0) is 14.1. The highest BCUT2D eigenvalue weighted by Gasteiger charge is 2.23. The fourth-order valence-corrected chi connectivity index (χ4v) is 1.97. The molecular weight excluding hydrogens is 256 g/mol. The van der Waals surface area contributed by atoms with Gasteiger partial charge in [0.1, 0.15) is 5.82 Å². The molecule has 3 heterocycles.